The van der Waals surface area contributed by atoms with Crippen molar-refractivity contribution in [2.75, 3.05) is 12.3 Å². The predicted molar refractivity (Wildman–Crippen MR) is 58.0 cm³/mol. The number of aromatic nitrogens is 2. The van der Waals surface area contributed by atoms with Gasteiger partial charge in [-0.05, 0) is 0 Å². The van der Waals surface area contributed by atoms with Crippen LogP contribution < -0.4 is 16.6 Å². The highest BCUT2D eigenvalue weighted by Gasteiger charge is 2.42. The summed E-state index contributed by atoms with van der Waals surface area (Å²) < 4.78 is 0. The zero-order chi connectivity index (χ0) is 12.6. The second kappa shape index (κ2) is 4.41. The lowest BCUT2D eigenvalue weighted by Crippen LogP contribution is -2.36. The first kappa shape index (κ1) is 12.0. The van der Waals surface area contributed by atoms with Crippen molar-refractivity contribution >= 4 is 5.95 Å². The minimum atomic E-state index is -1.18. The Balaban J connectivity index is 2.32. The van der Waals surface area contributed by atoms with Gasteiger partial charge in [0.05, 0.1) is 30.4 Å². The van der Waals surface area contributed by atoms with Crippen LogP contribution >= 0.6 is 0 Å². The van der Waals surface area contributed by atoms with Crippen molar-refractivity contribution in [3.8, 4) is 0 Å². The van der Waals surface area contributed by atoms with Crippen LogP contribution in [-0.4, -0.2) is 50.1 Å². The van der Waals surface area contributed by atoms with Crippen LogP contribution in [0.4, 0.5) is 5.95 Å². The van der Waals surface area contributed by atoms with Gasteiger partial charge in [0.2, 0.25) is 0 Å². The molecular formula is C9H14N4O4. The molecule has 0 spiro atoms. The second-order valence-corrected chi connectivity index (χ2v) is 3.97. The summed E-state index contributed by atoms with van der Waals surface area (Å²) in [6.45, 7) is -0.338. The molecular weight excluding hydrogens is 228 g/mol. The number of hydrogen-bond donors (Lipinski definition) is 6. The van der Waals surface area contributed by atoms with Crippen molar-refractivity contribution in [2.24, 2.45) is 0 Å². The third-order valence-corrected chi connectivity index (χ3v) is 2.88. The summed E-state index contributed by atoms with van der Waals surface area (Å²) in [5.74, 6) is -0.0227. The largest absolute Gasteiger partial charge is 0.395 e. The summed E-state index contributed by atoms with van der Waals surface area (Å²) in [6.07, 6.45) is -1.08. The van der Waals surface area contributed by atoms with E-state index in [1.54, 1.807) is 0 Å². The number of aromatic amines is 1. The van der Waals surface area contributed by atoms with Crippen LogP contribution in [0, 0.1) is 0 Å². The maximum atomic E-state index is 11.6. The SMILES string of the molecule is Nc1ncc(C2NC(CO)C(O)C2O)c(=O)[nH]1. The maximum absolute atomic E-state index is 11.6. The lowest BCUT2D eigenvalue weighted by Gasteiger charge is -2.14. The molecule has 0 aliphatic carbocycles. The van der Waals surface area contributed by atoms with Crippen LogP contribution in [0.5, 0.6) is 0 Å². The number of nitrogens with two attached hydrogens (primary N) is 1. The molecule has 94 valence electrons. The Hall–Kier alpha value is -1.48. The van der Waals surface area contributed by atoms with Crippen LogP contribution in [0.3, 0.4) is 0 Å². The lowest BCUT2D eigenvalue weighted by atomic mass is 10.0. The molecule has 0 bridgehead atoms. The molecule has 0 saturated carbocycles. The molecule has 1 fully saturated rings. The fourth-order valence-electron chi connectivity index (χ4n) is 1.94. The number of anilines is 1. The Bertz CT molecular complexity index is 463. The smallest absolute Gasteiger partial charge is 0.257 e. The van der Waals surface area contributed by atoms with Gasteiger partial charge in [-0.2, -0.15) is 0 Å². The van der Waals surface area contributed by atoms with Gasteiger partial charge >= 0.3 is 0 Å². The number of rotatable bonds is 2. The standard InChI is InChI=1S/C9H14N4O4/c10-9-11-1-3(8(17)13-9)5-7(16)6(15)4(2-14)12-5/h1,4-7,12,14-16H,2H2,(H3,10,11,13,17). The Labute approximate surface area is 96.1 Å². The Morgan fingerprint density at radius 2 is 2.12 bits per heavy atom. The average molecular weight is 242 g/mol. The van der Waals surface area contributed by atoms with Gasteiger partial charge in [0.15, 0.2) is 5.95 Å². The van der Waals surface area contributed by atoms with Gasteiger partial charge in [-0.3, -0.25) is 15.1 Å². The molecule has 1 aromatic heterocycles. The zero-order valence-electron chi connectivity index (χ0n) is 8.87. The third-order valence-electron chi connectivity index (χ3n) is 2.88. The average Bonchev–Trinajstić information content (AvgIpc) is 2.57. The van der Waals surface area contributed by atoms with E-state index >= 15 is 0 Å². The molecule has 0 aromatic carbocycles. The van der Waals surface area contributed by atoms with Gasteiger partial charge in [0, 0.05) is 6.20 Å². The topological polar surface area (TPSA) is 144 Å². The van der Waals surface area contributed by atoms with E-state index < -0.39 is 29.9 Å². The minimum Gasteiger partial charge on any atom is -0.395 e. The highest BCUT2D eigenvalue weighted by Crippen LogP contribution is 2.25. The molecule has 17 heavy (non-hydrogen) atoms. The Morgan fingerprint density at radius 1 is 1.41 bits per heavy atom. The van der Waals surface area contributed by atoms with E-state index in [9.17, 15) is 15.0 Å². The van der Waals surface area contributed by atoms with Crippen molar-refractivity contribution in [1.29, 1.82) is 0 Å². The first-order valence-corrected chi connectivity index (χ1v) is 5.12. The van der Waals surface area contributed by atoms with Crippen LogP contribution in [-0.2, 0) is 0 Å². The Kier molecular flexibility index (Phi) is 3.11. The summed E-state index contributed by atoms with van der Waals surface area (Å²) in [5.41, 5.74) is 4.98. The molecule has 2 heterocycles. The summed E-state index contributed by atoms with van der Waals surface area (Å²) >= 11 is 0. The molecule has 4 atom stereocenters. The molecule has 1 aliphatic rings. The maximum Gasteiger partial charge on any atom is 0.257 e. The van der Waals surface area contributed by atoms with Crippen molar-refractivity contribution in [3.63, 3.8) is 0 Å². The number of hydrogen-bond acceptors (Lipinski definition) is 7. The van der Waals surface area contributed by atoms with E-state index in [1.807, 2.05) is 0 Å². The second-order valence-electron chi connectivity index (χ2n) is 3.97. The minimum absolute atomic E-state index is 0.0227. The first-order valence-electron chi connectivity index (χ1n) is 5.12. The number of nitrogens with zero attached hydrogens (tertiary/aromatic N) is 1. The Morgan fingerprint density at radius 3 is 2.65 bits per heavy atom. The molecule has 0 amide bonds. The monoisotopic (exact) mass is 242 g/mol. The molecule has 7 N–H and O–H groups in total. The van der Waals surface area contributed by atoms with Crippen LogP contribution in [0.2, 0.25) is 0 Å². The highest BCUT2D eigenvalue weighted by atomic mass is 16.3. The van der Waals surface area contributed by atoms with E-state index in [2.05, 4.69) is 15.3 Å². The third kappa shape index (κ3) is 2.03. The van der Waals surface area contributed by atoms with Gasteiger partial charge in [-0.15, -0.1) is 0 Å². The molecule has 1 saturated heterocycles. The van der Waals surface area contributed by atoms with Crippen molar-refractivity contribution < 1.29 is 15.3 Å². The fraction of sp³-hybridized carbons (Fsp3) is 0.556. The predicted octanol–water partition coefficient (Wildman–Crippen LogP) is -2.92. The molecule has 1 aromatic rings. The molecule has 8 heteroatoms. The lowest BCUT2D eigenvalue weighted by molar-refractivity contribution is 0.0193. The van der Waals surface area contributed by atoms with Gasteiger partial charge in [-0.1, -0.05) is 0 Å². The van der Waals surface area contributed by atoms with Crippen LogP contribution in [0.25, 0.3) is 0 Å². The summed E-state index contributed by atoms with van der Waals surface area (Å²) in [6, 6.07) is -1.45. The summed E-state index contributed by atoms with van der Waals surface area (Å²) in [4.78, 5) is 17.6. The normalized spacial score (nSPS) is 32.9. The van der Waals surface area contributed by atoms with Gasteiger partial charge in [0.25, 0.3) is 5.56 Å². The van der Waals surface area contributed by atoms with E-state index in [4.69, 9.17) is 10.8 Å². The van der Waals surface area contributed by atoms with Crippen molar-refractivity contribution in [2.45, 2.75) is 24.3 Å². The highest BCUT2D eigenvalue weighted by molar-refractivity contribution is 5.23. The van der Waals surface area contributed by atoms with E-state index in [0.29, 0.717) is 0 Å². The van der Waals surface area contributed by atoms with Crippen LogP contribution in [0.1, 0.15) is 11.6 Å². The molecule has 8 nitrogen and oxygen atoms in total. The van der Waals surface area contributed by atoms with Crippen molar-refractivity contribution in [1.82, 2.24) is 15.3 Å². The van der Waals surface area contributed by atoms with Crippen LogP contribution in [0.15, 0.2) is 11.0 Å². The molecule has 0 radical (unpaired) electrons. The number of nitrogen functional groups attached to an aromatic ring is 1. The van der Waals surface area contributed by atoms with E-state index in [1.165, 1.54) is 6.20 Å². The van der Waals surface area contributed by atoms with Gasteiger partial charge in [0.1, 0.15) is 6.10 Å². The first-order chi connectivity index (χ1) is 8.04. The molecule has 1 aliphatic heterocycles. The fourth-order valence-corrected chi connectivity index (χ4v) is 1.94. The van der Waals surface area contributed by atoms with Gasteiger partial charge < -0.3 is 21.1 Å². The van der Waals surface area contributed by atoms with E-state index in [-0.39, 0.29) is 18.1 Å². The molecule has 2 rings (SSSR count). The summed E-state index contributed by atoms with van der Waals surface area (Å²) in [5, 5.41) is 31.1. The number of nitrogens with one attached hydrogen (secondary N) is 2. The van der Waals surface area contributed by atoms with Crippen molar-refractivity contribution in [3.05, 3.63) is 22.1 Å². The zero-order valence-corrected chi connectivity index (χ0v) is 8.87. The quantitative estimate of drug-likeness (QED) is 0.326. The number of H-pyrrole nitrogens is 1. The number of aliphatic hydroxyl groups excluding tert-OH is 3. The number of aliphatic hydroxyl groups is 3. The van der Waals surface area contributed by atoms with Gasteiger partial charge in [-0.25, -0.2) is 4.98 Å². The van der Waals surface area contributed by atoms with E-state index in [0.717, 1.165) is 0 Å². The molecule has 4 unspecified atom stereocenters. The summed E-state index contributed by atoms with van der Waals surface area (Å²) in [7, 11) is 0.